The van der Waals surface area contributed by atoms with Crippen molar-refractivity contribution in [3.05, 3.63) is 22.2 Å². The van der Waals surface area contributed by atoms with Crippen molar-refractivity contribution in [3.63, 3.8) is 0 Å². The molecule has 0 aromatic carbocycles. The summed E-state index contributed by atoms with van der Waals surface area (Å²) in [6, 6.07) is 0. The molecule has 0 aromatic heterocycles. The average Bonchev–Trinajstić information content (AvgIpc) is 2.20. The van der Waals surface area contributed by atoms with E-state index >= 15 is 0 Å². The van der Waals surface area contributed by atoms with Gasteiger partial charge in [0.15, 0.2) is 0 Å². The van der Waals surface area contributed by atoms with E-state index < -0.39 is 19.4 Å². The first kappa shape index (κ1) is 15.9. The van der Waals surface area contributed by atoms with Gasteiger partial charge in [-0.1, -0.05) is 29.3 Å². The fourth-order valence-corrected chi connectivity index (χ4v) is 3.81. The van der Waals surface area contributed by atoms with Gasteiger partial charge in [0.05, 0.1) is 10.1 Å². The average molecular weight is 384 g/mol. The minimum atomic E-state index is -1.58. The van der Waals surface area contributed by atoms with Crippen LogP contribution in [0.5, 0.6) is 0 Å². The fourth-order valence-electron chi connectivity index (χ4n) is 1.23. The molecular formula is C8H4Cl8. The molecule has 1 rings (SSSR count). The maximum absolute atomic E-state index is 6.27. The van der Waals surface area contributed by atoms with Gasteiger partial charge in [-0.05, 0) is 6.08 Å². The second-order valence-electron chi connectivity index (χ2n) is 3.08. The number of rotatable bonds is 2. The Hall–Kier alpha value is 1.80. The van der Waals surface area contributed by atoms with E-state index in [1.807, 2.05) is 0 Å². The van der Waals surface area contributed by atoms with Crippen LogP contribution in [0.15, 0.2) is 22.2 Å². The molecule has 2 atom stereocenters. The van der Waals surface area contributed by atoms with E-state index in [4.69, 9.17) is 92.8 Å². The summed E-state index contributed by atoms with van der Waals surface area (Å²) >= 11 is 47.5. The van der Waals surface area contributed by atoms with Gasteiger partial charge >= 0.3 is 0 Å². The van der Waals surface area contributed by atoms with Crippen LogP contribution in [0.4, 0.5) is 0 Å². The third-order valence-corrected chi connectivity index (χ3v) is 6.44. The Bertz CT molecular complexity index is 346. The van der Waals surface area contributed by atoms with Crippen molar-refractivity contribution >= 4 is 92.8 Å². The van der Waals surface area contributed by atoms with E-state index in [2.05, 4.69) is 0 Å². The van der Waals surface area contributed by atoms with Gasteiger partial charge in [-0.15, -0.1) is 69.6 Å². The molecule has 2 unspecified atom stereocenters. The molecule has 0 aliphatic heterocycles. The van der Waals surface area contributed by atoms with Gasteiger partial charge in [-0.2, -0.15) is 0 Å². The topological polar surface area (TPSA) is 0 Å². The first-order valence-corrected chi connectivity index (χ1v) is 7.12. The molecule has 0 nitrogen and oxygen atoms in total. The summed E-state index contributed by atoms with van der Waals surface area (Å²) in [6.07, 6.45) is 2.88. The van der Waals surface area contributed by atoms with Crippen LogP contribution in [0.1, 0.15) is 0 Å². The maximum Gasteiger partial charge on any atom is 0.137 e. The molecule has 1 aliphatic carbocycles. The molecule has 0 saturated heterocycles. The molecule has 16 heavy (non-hydrogen) atoms. The summed E-state index contributed by atoms with van der Waals surface area (Å²) in [5, 5.41) is 0.197. The van der Waals surface area contributed by atoms with Crippen LogP contribution >= 0.6 is 92.8 Å². The number of alkyl halides is 6. The summed E-state index contributed by atoms with van der Waals surface area (Å²) in [7, 11) is 0. The highest BCUT2D eigenvalue weighted by molar-refractivity contribution is 6.60. The van der Waals surface area contributed by atoms with Crippen LogP contribution in [0.2, 0.25) is 0 Å². The van der Waals surface area contributed by atoms with Crippen LogP contribution in [0.3, 0.4) is 0 Å². The number of halogens is 8. The molecule has 0 aromatic rings. The van der Waals surface area contributed by atoms with Crippen LogP contribution in [0, 0.1) is 0 Å². The Labute approximate surface area is 133 Å². The molecule has 0 bridgehead atoms. The Balaban J connectivity index is 3.41. The van der Waals surface area contributed by atoms with Crippen molar-refractivity contribution in [3.8, 4) is 0 Å². The Morgan fingerprint density at radius 3 is 1.81 bits per heavy atom. The molecule has 92 valence electrons. The number of hydrogen-bond acceptors (Lipinski definition) is 0. The zero-order chi connectivity index (χ0) is 12.7. The first-order chi connectivity index (χ1) is 7.18. The molecule has 0 spiro atoms. The molecule has 8 heteroatoms. The quantitative estimate of drug-likeness (QED) is 0.528. The minimum absolute atomic E-state index is 0.00892. The molecule has 0 fully saturated rings. The molecule has 0 radical (unpaired) electrons. The number of hydrogen-bond donors (Lipinski definition) is 0. The summed E-state index contributed by atoms with van der Waals surface area (Å²) in [5.74, 6) is 0. The summed E-state index contributed by atoms with van der Waals surface area (Å²) in [4.78, 5) is -5.24. The molecule has 1 aliphatic rings. The van der Waals surface area contributed by atoms with Gasteiger partial charge in [0.2, 0.25) is 0 Å². The van der Waals surface area contributed by atoms with E-state index in [1.165, 1.54) is 12.2 Å². The van der Waals surface area contributed by atoms with Crippen molar-refractivity contribution in [1.29, 1.82) is 0 Å². The van der Waals surface area contributed by atoms with E-state index in [1.54, 1.807) is 0 Å². The monoisotopic (exact) mass is 380 g/mol. The second-order valence-corrected chi connectivity index (χ2v) is 7.28. The smallest absolute Gasteiger partial charge is 0.109 e. The minimum Gasteiger partial charge on any atom is -0.109 e. The lowest BCUT2D eigenvalue weighted by Gasteiger charge is -2.44. The van der Waals surface area contributed by atoms with Crippen molar-refractivity contribution in [2.24, 2.45) is 0 Å². The van der Waals surface area contributed by atoms with Crippen molar-refractivity contribution in [1.82, 2.24) is 0 Å². The molecule has 0 N–H and O–H groups in total. The first-order valence-electron chi connectivity index (χ1n) is 3.87. The fraction of sp³-hybridized carbons (Fsp3) is 0.500. The third-order valence-electron chi connectivity index (χ3n) is 2.18. The lowest BCUT2D eigenvalue weighted by atomic mass is 9.88. The van der Waals surface area contributed by atoms with E-state index in [-0.39, 0.29) is 10.1 Å². The van der Waals surface area contributed by atoms with Crippen molar-refractivity contribution in [2.75, 3.05) is 0 Å². The third kappa shape index (κ3) is 2.30. The van der Waals surface area contributed by atoms with Crippen LogP contribution in [-0.4, -0.2) is 19.4 Å². The normalized spacial score (nSPS) is 35.4. The van der Waals surface area contributed by atoms with Crippen molar-refractivity contribution < 1.29 is 0 Å². The van der Waals surface area contributed by atoms with Crippen LogP contribution in [0.25, 0.3) is 0 Å². The van der Waals surface area contributed by atoms with Gasteiger partial charge in [0, 0.05) is 0 Å². The Morgan fingerprint density at radius 1 is 0.938 bits per heavy atom. The summed E-state index contributed by atoms with van der Waals surface area (Å²) in [6.45, 7) is 0. The van der Waals surface area contributed by atoms with Crippen LogP contribution in [-0.2, 0) is 0 Å². The molecule has 0 amide bonds. The van der Waals surface area contributed by atoms with Gasteiger partial charge in [-0.3, -0.25) is 0 Å². The van der Waals surface area contributed by atoms with Gasteiger partial charge in [-0.25, -0.2) is 0 Å². The Kier molecular flexibility index (Phi) is 5.38. The molecular weight excluding hydrogens is 380 g/mol. The van der Waals surface area contributed by atoms with Crippen LogP contribution < -0.4 is 0 Å². The lowest BCUT2D eigenvalue weighted by molar-refractivity contribution is 0.586. The Morgan fingerprint density at radius 2 is 1.44 bits per heavy atom. The predicted octanol–water partition coefficient (Wildman–Crippen LogP) is 5.81. The lowest BCUT2D eigenvalue weighted by Crippen LogP contribution is -2.55. The molecule has 0 heterocycles. The van der Waals surface area contributed by atoms with E-state index in [0.29, 0.717) is 0 Å². The molecule has 0 saturated carbocycles. The number of allylic oxidation sites excluding steroid dienone is 4. The second kappa shape index (κ2) is 5.43. The van der Waals surface area contributed by atoms with E-state index in [0.717, 1.165) is 0 Å². The summed E-state index contributed by atoms with van der Waals surface area (Å²) < 4.78 is 0. The summed E-state index contributed by atoms with van der Waals surface area (Å²) in [5.41, 5.74) is 0. The highest BCUT2D eigenvalue weighted by atomic mass is 35.5. The van der Waals surface area contributed by atoms with Crippen molar-refractivity contribution in [2.45, 2.75) is 19.4 Å². The SMILES string of the molecule is ClC1=C(Cl)C(Cl)(C(Cl)Cl)C(Cl)(C(Cl)Cl)C=C1. The van der Waals surface area contributed by atoms with Gasteiger partial charge in [0.1, 0.15) is 19.4 Å². The highest BCUT2D eigenvalue weighted by Crippen LogP contribution is 2.56. The van der Waals surface area contributed by atoms with Gasteiger partial charge in [0.25, 0.3) is 0 Å². The predicted molar refractivity (Wildman–Crippen MR) is 76.0 cm³/mol. The largest absolute Gasteiger partial charge is 0.137 e. The van der Waals surface area contributed by atoms with E-state index in [9.17, 15) is 0 Å². The zero-order valence-electron chi connectivity index (χ0n) is 7.33. The van der Waals surface area contributed by atoms with Gasteiger partial charge < -0.3 is 0 Å². The zero-order valence-corrected chi connectivity index (χ0v) is 13.4. The standard InChI is InChI=1S/C8H4Cl8/c9-3-1-2-7(15,5(11)12)8(16,4(3)10)6(13)14/h1-2,5-6H. The maximum atomic E-state index is 6.27. The highest BCUT2D eigenvalue weighted by Gasteiger charge is 2.59.